The Labute approximate surface area is 124 Å². The summed E-state index contributed by atoms with van der Waals surface area (Å²) in [7, 11) is 0. The second-order valence-corrected chi connectivity index (χ2v) is 4.98. The number of nitrogens with two attached hydrogens (primary N) is 1. The molecule has 22 heavy (non-hydrogen) atoms. The fourth-order valence-electron chi connectivity index (χ4n) is 2.36. The van der Waals surface area contributed by atoms with Gasteiger partial charge in [0.15, 0.2) is 12.2 Å². The molecule has 11 heteroatoms. The Morgan fingerprint density at radius 1 is 1.32 bits per heavy atom. The molecule has 0 spiro atoms. The van der Waals surface area contributed by atoms with Crippen molar-refractivity contribution in [1.29, 1.82) is 0 Å². The van der Waals surface area contributed by atoms with E-state index in [1.807, 2.05) is 0 Å². The molecule has 0 amide bonds. The molecule has 0 aromatic heterocycles. The van der Waals surface area contributed by atoms with E-state index in [1.165, 1.54) is 0 Å². The molecule has 2 saturated heterocycles. The van der Waals surface area contributed by atoms with Gasteiger partial charge in [-0.25, -0.2) is 0 Å². The van der Waals surface area contributed by atoms with Crippen LogP contribution in [0.2, 0.25) is 0 Å². The molecule has 2 aliphatic rings. The fourth-order valence-corrected chi connectivity index (χ4v) is 2.36. The van der Waals surface area contributed by atoms with Crippen molar-refractivity contribution in [2.24, 2.45) is 5.73 Å². The van der Waals surface area contributed by atoms with Crippen LogP contribution in [0.3, 0.4) is 0 Å². The van der Waals surface area contributed by atoms with E-state index in [2.05, 4.69) is 4.84 Å². The SMILES string of the molecule is N[C@@H](CCC(=O)OC1CO[C@H]2[C@@H]1OC[C@H]2O[N+](=O)[O-])C(=O)O. The second kappa shape index (κ2) is 6.85. The number of hydrogen-bond acceptors (Lipinski definition) is 9. The predicted molar refractivity (Wildman–Crippen MR) is 66.1 cm³/mol. The predicted octanol–water partition coefficient (Wildman–Crippen LogP) is -1.54. The Morgan fingerprint density at radius 3 is 2.50 bits per heavy atom. The zero-order valence-corrected chi connectivity index (χ0v) is 11.5. The van der Waals surface area contributed by atoms with E-state index in [9.17, 15) is 19.7 Å². The first-order valence-electron chi connectivity index (χ1n) is 6.60. The standard InChI is InChI=1S/C11H16N2O9/c12-5(11(15)16)1-2-8(14)21-6-3-19-10-7(22-13(17)18)4-20-9(6)10/h5-7,9-10H,1-4,12H2,(H,15,16)/t5-,6?,7+,9+,10+/m0/s1. The average Bonchev–Trinajstić information content (AvgIpc) is 3.00. The Morgan fingerprint density at radius 2 is 1.91 bits per heavy atom. The lowest BCUT2D eigenvalue weighted by Gasteiger charge is -2.17. The van der Waals surface area contributed by atoms with Gasteiger partial charge >= 0.3 is 11.9 Å². The van der Waals surface area contributed by atoms with Gasteiger partial charge in [0.25, 0.3) is 5.09 Å². The molecule has 2 fully saturated rings. The number of carbonyl (C=O) groups is 2. The summed E-state index contributed by atoms with van der Waals surface area (Å²) in [5.41, 5.74) is 5.29. The number of carboxylic acid groups (broad SMARTS) is 1. The average molecular weight is 320 g/mol. The molecule has 11 nitrogen and oxygen atoms in total. The van der Waals surface area contributed by atoms with E-state index in [4.69, 9.17) is 25.1 Å². The number of carbonyl (C=O) groups excluding carboxylic acids is 1. The molecule has 2 rings (SSSR count). The maximum Gasteiger partial charge on any atom is 0.320 e. The van der Waals surface area contributed by atoms with Crippen molar-refractivity contribution in [3.8, 4) is 0 Å². The van der Waals surface area contributed by atoms with Crippen LogP contribution in [0.1, 0.15) is 12.8 Å². The number of carboxylic acids is 1. The van der Waals surface area contributed by atoms with Gasteiger partial charge in [-0.2, -0.15) is 0 Å². The highest BCUT2D eigenvalue weighted by Crippen LogP contribution is 2.30. The third kappa shape index (κ3) is 3.81. The maximum absolute atomic E-state index is 11.7. The maximum atomic E-state index is 11.7. The lowest BCUT2D eigenvalue weighted by Crippen LogP contribution is -2.36. The van der Waals surface area contributed by atoms with E-state index in [1.54, 1.807) is 0 Å². The van der Waals surface area contributed by atoms with E-state index in [0.29, 0.717) is 0 Å². The molecule has 0 saturated carbocycles. The van der Waals surface area contributed by atoms with Crippen molar-refractivity contribution >= 4 is 11.9 Å². The zero-order valence-electron chi connectivity index (χ0n) is 11.5. The molecular weight excluding hydrogens is 304 g/mol. The van der Waals surface area contributed by atoms with Gasteiger partial charge in [-0.15, -0.1) is 10.1 Å². The highest BCUT2D eigenvalue weighted by Gasteiger charge is 2.51. The van der Waals surface area contributed by atoms with Crippen molar-refractivity contribution in [2.75, 3.05) is 13.2 Å². The first-order valence-corrected chi connectivity index (χ1v) is 6.60. The van der Waals surface area contributed by atoms with E-state index in [0.717, 1.165) is 0 Å². The minimum Gasteiger partial charge on any atom is -0.480 e. The monoisotopic (exact) mass is 320 g/mol. The Bertz CT molecular complexity index is 457. The highest BCUT2D eigenvalue weighted by atomic mass is 17.0. The molecule has 5 atom stereocenters. The van der Waals surface area contributed by atoms with E-state index < -0.39 is 47.5 Å². The summed E-state index contributed by atoms with van der Waals surface area (Å²) < 4.78 is 15.8. The van der Waals surface area contributed by atoms with Gasteiger partial charge in [0, 0.05) is 6.42 Å². The molecule has 2 heterocycles. The Balaban J connectivity index is 1.79. The first kappa shape index (κ1) is 16.4. The Hall–Kier alpha value is -1.98. The van der Waals surface area contributed by atoms with Crippen molar-refractivity contribution in [3.05, 3.63) is 10.1 Å². The molecular formula is C11H16N2O9. The lowest BCUT2D eigenvalue weighted by atomic mass is 10.1. The minimum atomic E-state index is -1.20. The minimum absolute atomic E-state index is 0.0314. The van der Waals surface area contributed by atoms with Crippen LogP contribution >= 0.6 is 0 Å². The van der Waals surface area contributed by atoms with Crippen LogP contribution in [-0.4, -0.2) is 65.8 Å². The molecule has 0 radical (unpaired) electrons. The molecule has 0 bridgehead atoms. The summed E-state index contributed by atoms with van der Waals surface area (Å²) >= 11 is 0. The van der Waals surface area contributed by atoms with E-state index >= 15 is 0 Å². The molecule has 0 aliphatic carbocycles. The third-order valence-electron chi connectivity index (χ3n) is 3.44. The summed E-state index contributed by atoms with van der Waals surface area (Å²) in [6, 6.07) is -1.14. The summed E-state index contributed by atoms with van der Waals surface area (Å²) in [5.74, 6) is -1.83. The van der Waals surface area contributed by atoms with Gasteiger partial charge in [-0.3, -0.25) is 9.59 Å². The summed E-state index contributed by atoms with van der Waals surface area (Å²) in [4.78, 5) is 37.0. The van der Waals surface area contributed by atoms with Gasteiger partial charge in [0.2, 0.25) is 0 Å². The molecule has 0 aromatic carbocycles. The highest BCUT2D eigenvalue weighted by molar-refractivity contribution is 5.75. The van der Waals surface area contributed by atoms with Crippen LogP contribution in [0.25, 0.3) is 0 Å². The smallest absolute Gasteiger partial charge is 0.320 e. The summed E-state index contributed by atoms with van der Waals surface area (Å²) in [5, 5.41) is 18.0. The van der Waals surface area contributed by atoms with Gasteiger partial charge < -0.3 is 29.9 Å². The van der Waals surface area contributed by atoms with Gasteiger partial charge in [-0.05, 0) is 6.42 Å². The van der Waals surface area contributed by atoms with Crippen LogP contribution in [0.5, 0.6) is 0 Å². The normalized spacial score (nSPS) is 31.3. The van der Waals surface area contributed by atoms with Gasteiger partial charge in [-0.1, -0.05) is 0 Å². The number of hydrogen-bond donors (Lipinski definition) is 2. The second-order valence-electron chi connectivity index (χ2n) is 4.98. The number of fused-ring (bicyclic) bond motifs is 1. The fraction of sp³-hybridized carbons (Fsp3) is 0.818. The van der Waals surface area contributed by atoms with Crippen molar-refractivity contribution in [2.45, 2.75) is 43.3 Å². The van der Waals surface area contributed by atoms with Crippen LogP contribution in [0.15, 0.2) is 0 Å². The molecule has 2 aliphatic heterocycles. The number of aliphatic carboxylic acids is 1. The largest absolute Gasteiger partial charge is 0.480 e. The third-order valence-corrected chi connectivity index (χ3v) is 3.44. The van der Waals surface area contributed by atoms with Gasteiger partial charge in [0.05, 0.1) is 13.2 Å². The van der Waals surface area contributed by atoms with Crippen LogP contribution in [0.4, 0.5) is 0 Å². The van der Waals surface area contributed by atoms with Crippen LogP contribution in [-0.2, 0) is 28.6 Å². The summed E-state index contributed by atoms with van der Waals surface area (Å²) in [6.07, 6.45) is -3.09. The quantitative estimate of drug-likeness (QED) is 0.319. The number of ether oxygens (including phenoxy) is 3. The lowest BCUT2D eigenvalue weighted by molar-refractivity contribution is -0.769. The zero-order chi connectivity index (χ0) is 16.3. The van der Waals surface area contributed by atoms with Crippen molar-refractivity contribution < 1.29 is 38.8 Å². The first-order chi connectivity index (χ1) is 10.4. The Kier molecular flexibility index (Phi) is 5.11. The number of esters is 1. The van der Waals surface area contributed by atoms with E-state index in [-0.39, 0.29) is 26.1 Å². The number of nitrogens with zero attached hydrogens (tertiary/aromatic N) is 1. The molecule has 0 aromatic rings. The molecule has 3 N–H and O–H groups in total. The number of rotatable bonds is 7. The molecule has 1 unspecified atom stereocenters. The van der Waals surface area contributed by atoms with Crippen LogP contribution in [0, 0.1) is 10.1 Å². The van der Waals surface area contributed by atoms with Gasteiger partial charge in [0.1, 0.15) is 18.2 Å². The molecule has 124 valence electrons. The van der Waals surface area contributed by atoms with Crippen molar-refractivity contribution in [3.63, 3.8) is 0 Å². The topological polar surface area (TPSA) is 160 Å². The van der Waals surface area contributed by atoms with Crippen LogP contribution < -0.4 is 5.73 Å². The summed E-state index contributed by atoms with van der Waals surface area (Å²) in [6.45, 7) is -0.00210. The van der Waals surface area contributed by atoms with Crippen molar-refractivity contribution in [1.82, 2.24) is 0 Å².